The predicted octanol–water partition coefficient (Wildman–Crippen LogP) is 2.65. The first-order valence-corrected chi connectivity index (χ1v) is 9.18. The van der Waals surface area contributed by atoms with Gasteiger partial charge in [-0.15, -0.1) is 5.10 Å². The largest absolute Gasteiger partial charge is 0.494 e. The van der Waals surface area contributed by atoms with Crippen LogP contribution < -0.4 is 9.47 Å². The van der Waals surface area contributed by atoms with Crippen molar-refractivity contribution in [3.8, 4) is 17.2 Å². The average Bonchev–Trinajstić information content (AvgIpc) is 3.14. The number of aryl methyl sites for hydroxylation is 1. The standard InChI is InChI=1S/C18H19FN4O3S/c1-12-3-8-17(25-2)16(9-12)23-18(20-21-22-23)27-11-14(24)10-26-15-6-4-13(19)5-7-15/h3-9,14,24H,10-11H2,1-2H3. The van der Waals surface area contributed by atoms with E-state index >= 15 is 0 Å². The first-order chi connectivity index (χ1) is 13.1. The Balaban J connectivity index is 1.61. The van der Waals surface area contributed by atoms with Crippen molar-refractivity contribution in [2.75, 3.05) is 19.5 Å². The van der Waals surface area contributed by atoms with Gasteiger partial charge < -0.3 is 14.6 Å². The number of hydrogen-bond donors (Lipinski definition) is 1. The molecule has 1 heterocycles. The molecule has 0 fully saturated rings. The van der Waals surface area contributed by atoms with Crippen molar-refractivity contribution in [3.05, 3.63) is 53.8 Å². The van der Waals surface area contributed by atoms with Gasteiger partial charge in [-0.1, -0.05) is 17.8 Å². The molecule has 0 amide bonds. The summed E-state index contributed by atoms with van der Waals surface area (Å²) in [5, 5.41) is 22.4. The third-order valence-corrected chi connectivity index (χ3v) is 4.73. The molecule has 9 heteroatoms. The third-order valence-electron chi connectivity index (χ3n) is 3.66. The Kier molecular flexibility index (Phi) is 6.25. The summed E-state index contributed by atoms with van der Waals surface area (Å²) in [5.41, 5.74) is 1.77. The number of methoxy groups -OCH3 is 1. The molecular formula is C18H19FN4O3S. The summed E-state index contributed by atoms with van der Waals surface area (Å²) in [6.45, 7) is 2.05. The van der Waals surface area contributed by atoms with Crippen LogP contribution in [-0.2, 0) is 0 Å². The molecule has 0 spiro atoms. The number of thioether (sulfide) groups is 1. The van der Waals surface area contributed by atoms with Crippen molar-refractivity contribution >= 4 is 11.8 Å². The number of tetrazole rings is 1. The van der Waals surface area contributed by atoms with Crippen LogP contribution in [0.2, 0.25) is 0 Å². The van der Waals surface area contributed by atoms with Crippen LogP contribution in [0.1, 0.15) is 5.56 Å². The Morgan fingerprint density at radius 1 is 1.22 bits per heavy atom. The molecule has 1 aromatic heterocycles. The Morgan fingerprint density at radius 2 is 2.00 bits per heavy atom. The number of nitrogens with zero attached hydrogens (tertiary/aromatic N) is 4. The fourth-order valence-corrected chi connectivity index (χ4v) is 3.12. The van der Waals surface area contributed by atoms with E-state index in [9.17, 15) is 9.50 Å². The summed E-state index contributed by atoms with van der Waals surface area (Å²) in [6, 6.07) is 11.4. The molecule has 0 saturated heterocycles. The SMILES string of the molecule is COc1ccc(C)cc1-n1nnnc1SCC(O)COc1ccc(F)cc1. The highest BCUT2D eigenvalue weighted by Crippen LogP contribution is 2.27. The van der Waals surface area contributed by atoms with Gasteiger partial charge in [-0.3, -0.25) is 0 Å². The molecule has 0 saturated carbocycles. The van der Waals surface area contributed by atoms with E-state index in [0.29, 0.717) is 22.4 Å². The normalized spacial score (nSPS) is 12.0. The molecule has 7 nitrogen and oxygen atoms in total. The summed E-state index contributed by atoms with van der Waals surface area (Å²) in [4.78, 5) is 0. The highest BCUT2D eigenvalue weighted by molar-refractivity contribution is 7.99. The van der Waals surface area contributed by atoms with Crippen LogP contribution in [0.4, 0.5) is 4.39 Å². The van der Waals surface area contributed by atoms with E-state index in [2.05, 4.69) is 15.5 Å². The first kappa shape index (κ1) is 19.1. The highest BCUT2D eigenvalue weighted by atomic mass is 32.2. The zero-order chi connectivity index (χ0) is 19.2. The van der Waals surface area contributed by atoms with Gasteiger partial charge in [0.15, 0.2) is 0 Å². The molecule has 0 aliphatic carbocycles. The van der Waals surface area contributed by atoms with Crippen LogP contribution >= 0.6 is 11.8 Å². The minimum absolute atomic E-state index is 0.0773. The molecule has 142 valence electrons. The second-order valence-corrected chi connectivity index (χ2v) is 6.77. The van der Waals surface area contributed by atoms with Crippen molar-refractivity contribution in [3.63, 3.8) is 0 Å². The van der Waals surface area contributed by atoms with Gasteiger partial charge in [0, 0.05) is 5.75 Å². The Morgan fingerprint density at radius 3 is 2.74 bits per heavy atom. The van der Waals surface area contributed by atoms with Gasteiger partial charge in [0.2, 0.25) is 5.16 Å². The van der Waals surface area contributed by atoms with Crippen molar-refractivity contribution in [2.24, 2.45) is 0 Å². The smallest absolute Gasteiger partial charge is 0.214 e. The summed E-state index contributed by atoms with van der Waals surface area (Å²) < 4.78 is 25.3. The molecule has 3 aromatic rings. The number of aliphatic hydroxyl groups excluding tert-OH is 1. The van der Waals surface area contributed by atoms with E-state index in [1.807, 2.05) is 25.1 Å². The van der Waals surface area contributed by atoms with Gasteiger partial charge >= 0.3 is 0 Å². The zero-order valence-electron chi connectivity index (χ0n) is 14.9. The van der Waals surface area contributed by atoms with Gasteiger partial charge in [-0.25, -0.2) is 4.39 Å². The maximum absolute atomic E-state index is 12.9. The number of ether oxygens (including phenoxy) is 2. The van der Waals surface area contributed by atoms with Crippen LogP contribution in [0.15, 0.2) is 47.6 Å². The molecule has 0 aliphatic heterocycles. The van der Waals surface area contributed by atoms with E-state index in [1.54, 1.807) is 11.8 Å². The summed E-state index contributed by atoms with van der Waals surface area (Å²) in [6.07, 6.45) is -0.746. The first-order valence-electron chi connectivity index (χ1n) is 8.19. The van der Waals surface area contributed by atoms with E-state index in [-0.39, 0.29) is 12.4 Å². The maximum atomic E-state index is 12.9. The molecule has 0 aliphatic rings. The quantitative estimate of drug-likeness (QED) is 0.592. The number of rotatable bonds is 8. The number of hydrogen-bond acceptors (Lipinski definition) is 7. The van der Waals surface area contributed by atoms with Gasteiger partial charge in [-0.2, -0.15) is 4.68 Å². The fourth-order valence-electron chi connectivity index (χ4n) is 2.33. The van der Waals surface area contributed by atoms with E-state index in [0.717, 1.165) is 11.3 Å². The second-order valence-electron chi connectivity index (χ2n) is 5.78. The Labute approximate surface area is 160 Å². The minimum atomic E-state index is -0.746. The molecule has 0 bridgehead atoms. The molecule has 27 heavy (non-hydrogen) atoms. The van der Waals surface area contributed by atoms with Crippen molar-refractivity contribution in [1.82, 2.24) is 20.2 Å². The lowest BCUT2D eigenvalue weighted by Gasteiger charge is -2.13. The summed E-state index contributed by atoms with van der Waals surface area (Å²) >= 11 is 1.30. The van der Waals surface area contributed by atoms with Crippen molar-refractivity contribution in [2.45, 2.75) is 18.2 Å². The van der Waals surface area contributed by atoms with Crippen LogP contribution in [-0.4, -0.2) is 50.9 Å². The lowest BCUT2D eigenvalue weighted by atomic mass is 10.2. The number of aliphatic hydroxyl groups is 1. The van der Waals surface area contributed by atoms with Gasteiger partial charge in [-0.05, 0) is 59.3 Å². The predicted molar refractivity (Wildman–Crippen MR) is 99.1 cm³/mol. The third kappa shape index (κ3) is 4.95. The minimum Gasteiger partial charge on any atom is -0.494 e. The van der Waals surface area contributed by atoms with Crippen LogP contribution in [0.25, 0.3) is 5.69 Å². The molecule has 1 atom stereocenters. The van der Waals surface area contributed by atoms with Gasteiger partial charge in [0.1, 0.15) is 29.6 Å². The van der Waals surface area contributed by atoms with E-state index in [1.165, 1.54) is 36.0 Å². The van der Waals surface area contributed by atoms with Gasteiger partial charge in [0.25, 0.3) is 0 Å². The van der Waals surface area contributed by atoms with E-state index in [4.69, 9.17) is 9.47 Å². The number of aromatic nitrogens is 4. The van der Waals surface area contributed by atoms with E-state index < -0.39 is 6.10 Å². The van der Waals surface area contributed by atoms with Crippen LogP contribution in [0.5, 0.6) is 11.5 Å². The Bertz CT molecular complexity index is 889. The lowest BCUT2D eigenvalue weighted by Crippen LogP contribution is -2.20. The van der Waals surface area contributed by atoms with Gasteiger partial charge in [0.05, 0.1) is 13.2 Å². The fraction of sp³-hybridized carbons (Fsp3) is 0.278. The molecule has 2 aromatic carbocycles. The van der Waals surface area contributed by atoms with Crippen molar-refractivity contribution < 1.29 is 19.0 Å². The average molecular weight is 390 g/mol. The number of benzene rings is 2. The topological polar surface area (TPSA) is 82.3 Å². The lowest BCUT2D eigenvalue weighted by molar-refractivity contribution is 0.126. The van der Waals surface area contributed by atoms with Crippen LogP contribution in [0.3, 0.4) is 0 Å². The molecule has 1 unspecified atom stereocenters. The maximum Gasteiger partial charge on any atom is 0.214 e. The Hall–Kier alpha value is -2.65. The molecule has 3 rings (SSSR count). The van der Waals surface area contributed by atoms with Crippen LogP contribution in [0, 0.1) is 12.7 Å². The zero-order valence-corrected chi connectivity index (χ0v) is 15.7. The molecule has 1 N–H and O–H groups in total. The molecule has 0 radical (unpaired) electrons. The highest BCUT2D eigenvalue weighted by Gasteiger charge is 2.16. The summed E-state index contributed by atoms with van der Waals surface area (Å²) in [7, 11) is 1.59. The number of halogens is 1. The summed E-state index contributed by atoms with van der Waals surface area (Å²) in [5.74, 6) is 1.14. The van der Waals surface area contributed by atoms with Crippen molar-refractivity contribution in [1.29, 1.82) is 0 Å². The second kappa shape index (κ2) is 8.83. The monoisotopic (exact) mass is 390 g/mol. The molecular weight excluding hydrogens is 371 g/mol.